The zero-order valence-electron chi connectivity index (χ0n) is 20.2. The van der Waals surface area contributed by atoms with Crippen LogP contribution in [-0.2, 0) is 16.0 Å². The van der Waals surface area contributed by atoms with Gasteiger partial charge < -0.3 is 15.1 Å². The van der Waals surface area contributed by atoms with Gasteiger partial charge in [0.2, 0.25) is 11.8 Å². The van der Waals surface area contributed by atoms with Gasteiger partial charge in [0.1, 0.15) is 0 Å². The molecule has 0 radical (unpaired) electrons. The summed E-state index contributed by atoms with van der Waals surface area (Å²) in [6.45, 7) is 8.85. The molecule has 0 saturated carbocycles. The van der Waals surface area contributed by atoms with Crippen molar-refractivity contribution in [2.24, 2.45) is 11.8 Å². The predicted octanol–water partition coefficient (Wildman–Crippen LogP) is 4.26. The fourth-order valence-electron chi connectivity index (χ4n) is 5.31. The lowest BCUT2D eigenvalue weighted by molar-refractivity contribution is -0.138. The summed E-state index contributed by atoms with van der Waals surface area (Å²) < 4.78 is 0. The normalized spacial score (nSPS) is 19.6. The highest BCUT2D eigenvalue weighted by molar-refractivity contribution is 5.79. The van der Waals surface area contributed by atoms with Crippen LogP contribution in [0, 0.1) is 11.8 Å². The molecule has 0 aromatic heterocycles. The maximum absolute atomic E-state index is 12.9. The largest absolute Gasteiger partial charge is 0.356 e. The molecule has 2 fully saturated rings. The van der Waals surface area contributed by atoms with E-state index in [4.69, 9.17) is 0 Å². The second-order valence-corrected chi connectivity index (χ2v) is 9.64. The first-order valence-corrected chi connectivity index (χ1v) is 13.0. The molecule has 2 amide bonds. The fourth-order valence-corrected chi connectivity index (χ4v) is 5.31. The lowest BCUT2D eigenvalue weighted by Crippen LogP contribution is -2.51. The van der Waals surface area contributed by atoms with Crippen LogP contribution >= 0.6 is 0 Å². The highest BCUT2D eigenvalue weighted by Gasteiger charge is 2.32. The standard InChI is InChI=1S/C27H43N3O2/c1-3-5-11-23(4-2)27(32)30-20-15-25(16-21-30)29-18-13-24(14-19-29)26(31)28-17-12-22-9-7-6-8-10-22/h6-10,23-25H,3-5,11-21H2,1-2H3,(H,28,31). The lowest BCUT2D eigenvalue weighted by atomic mass is 9.92. The third-order valence-electron chi connectivity index (χ3n) is 7.50. The Bertz CT molecular complexity index is 692. The molecule has 3 rings (SSSR count). The Hall–Kier alpha value is -1.88. The van der Waals surface area contributed by atoms with Crippen LogP contribution in [0.5, 0.6) is 0 Å². The molecule has 0 spiro atoms. The van der Waals surface area contributed by atoms with E-state index in [1.165, 1.54) is 5.56 Å². The Morgan fingerprint density at radius 2 is 1.69 bits per heavy atom. The van der Waals surface area contributed by atoms with Gasteiger partial charge in [-0.15, -0.1) is 0 Å². The molecule has 1 aromatic carbocycles. The maximum Gasteiger partial charge on any atom is 0.225 e. The number of carbonyl (C=O) groups excluding carboxylic acids is 2. The molecular formula is C27H43N3O2. The average Bonchev–Trinajstić information content (AvgIpc) is 2.85. The van der Waals surface area contributed by atoms with Gasteiger partial charge in [-0.1, -0.05) is 57.0 Å². The number of unbranched alkanes of at least 4 members (excludes halogenated alkanes) is 1. The van der Waals surface area contributed by atoms with Gasteiger partial charge in [0.15, 0.2) is 0 Å². The molecule has 1 atom stereocenters. The van der Waals surface area contributed by atoms with E-state index in [1.54, 1.807) is 0 Å². The number of piperidine rings is 2. The Morgan fingerprint density at radius 3 is 2.31 bits per heavy atom. The Kier molecular flexibility index (Phi) is 10.0. The molecule has 5 nitrogen and oxygen atoms in total. The van der Waals surface area contributed by atoms with Gasteiger partial charge in [-0.25, -0.2) is 0 Å². The molecule has 2 aliphatic rings. The van der Waals surface area contributed by atoms with E-state index < -0.39 is 0 Å². The molecule has 1 aromatic rings. The van der Waals surface area contributed by atoms with Crippen LogP contribution in [0.2, 0.25) is 0 Å². The van der Waals surface area contributed by atoms with Crippen molar-refractivity contribution in [3.8, 4) is 0 Å². The van der Waals surface area contributed by atoms with E-state index in [-0.39, 0.29) is 17.7 Å². The fraction of sp³-hybridized carbons (Fsp3) is 0.704. The van der Waals surface area contributed by atoms with Crippen LogP contribution in [0.25, 0.3) is 0 Å². The highest BCUT2D eigenvalue weighted by atomic mass is 16.2. The molecule has 2 saturated heterocycles. The SMILES string of the molecule is CCCCC(CC)C(=O)N1CCC(N2CCC(C(=O)NCCc3ccccc3)CC2)CC1. The number of likely N-dealkylation sites (tertiary alicyclic amines) is 2. The number of benzene rings is 1. The highest BCUT2D eigenvalue weighted by Crippen LogP contribution is 2.26. The molecule has 32 heavy (non-hydrogen) atoms. The molecule has 178 valence electrons. The summed E-state index contributed by atoms with van der Waals surface area (Å²) in [6, 6.07) is 10.9. The zero-order chi connectivity index (χ0) is 22.8. The number of carbonyl (C=O) groups is 2. The molecule has 5 heteroatoms. The number of nitrogens with one attached hydrogen (secondary N) is 1. The van der Waals surface area contributed by atoms with Gasteiger partial charge in [-0.05, 0) is 63.6 Å². The van der Waals surface area contributed by atoms with Crippen molar-refractivity contribution in [3.63, 3.8) is 0 Å². The van der Waals surface area contributed by atoms with Crippen molar-refractivity contribution < 1.29 is 9.59 Å². The van der Waals surface area contributed by atoms with E-state index in [0.717, 1.165) is 84.0 Å². The van der Waals surface area contributed by atoms with Crippen molar-refractivity contribution in [3.05, 3.63) is 35.9 Å². The van der Waals surface area contributed by atoms with E-state index in [1.807, 2.05) is 18.2 Å². The van der Waals surface area contributed by atoms with Gasteiger partial charge in [0, 0.05) is 37.5 Å². The van der Waals surface area contributed by atoms with Crippen LogP contribution in [0.4, 0.5) is 0 Å². The monoisotopic (exact) mass is 441 g/mol. The molecular weight excluding hydrogens is 398 g/mol. The number of hydrogen-bond acceptors (Lipinski definition) is 3. The van der Waals surface area contributed by atoms with E-state index in [9.17, 15) is 9.59 Å². The van der Waals surface area contributed by atoms with Crippen molar-refractivity contribution >= 4 is 11.8 Å². The quantitative estimate of drug-likeness (QED) is 0.590. The third kappa shape index (κ3) is 7.06. The van der Waals surface area contributed by atoms with Gasteiger partial charge in [-0.2, -0.15) is 0 Å². The second-order valence-electron chi connectivity index (χ2n) is 9.64. The van der Waals surface area contributed by atoms with Crippen molar-refractivity contribution in [1.82, 2.24) is 15.1 Å². The number of amides is 2. The van der Waals surface area contributed by atoms with Crippen LogP contribution in [-0.4, -0.2) is 60.4 Å². The molecule has 0 aliphatic carbocycles. The minimum Gasteiger partial charge on any atom is -0.356 e. The Balaban J connectivity index is 1.35. The van der Waals surface area contributed by atoms with Crippen LogP contribution < -0.4 is 5.32 Å². The Morgan fingerprint density at radius 1 is 1.00 bits per heavy atom. The lowest BCUT2D eigenvalue weighted by Gasteiger charge is -2.42. The van der Waals surface area contributed by atoms with Gasteiger partial charge in [0.05, 0.1) is 0 Å². The zero-order valence-corrected chi connectivity index (χ0v) is 20.2. The molecule has 1 N–H and O–H groups in total. The van der Waals surface area contributed by atoms with Gasteiger partial charge >= 0.3 is 0 Å². The van der Waals surface area contributed by atoms with Gasteiger partial charge in [0.25, 0.3) is 0 Å². The van der Waals surface area contributed by atoms with Crippen LogP contribution in [0.1, 0.15) is 70.8 Å². The van der Waals surface area contributed by atoms with E-state index >= 15 is 0 Å². The summed E-state index contributed by atoms with van der Waals surface area (Å²) in [5.74, 6) is 0.958. The first-order chi connectivity index (χ1) is 15.6. The van der Waals surface area contributed by atoms with Crippen LogP contribution in [0.15, 0.2) is 30.3 Å². The molecule has 2 aliphatic heterocycles. The molecule has 1 unspecified atom stereocenters. The first-order valence-electron chi connectivity index (χ1n) is 13.0. The average molecular weight is 442 g/mol. The summed E-state index contributed by atoms with van der Waals surface area (Å²) in [6.07, 6.45) is 9.24. The summed E-state index contributed by atoms with van der Waals surface area (Å²) in [4.78, 5) is 30.2. The van der Waals surface area contributed by atoms with E-state index in [0.29, 0.717) is 18.5 Å². The van der Waals surface area contributed by atoms with Gasteiger partial charge in [-0.3, -0.25) is 9.59 Å². The smallest absolute Gasteiger partial charge is 0.225 e. The van der Waals surface area contributed by atoms with Crippen molar-refractivity contribution in [2.45, 2.75) is 77.7 Å². The number of nitrogens with zero attached hydrogens (tertiary/aromatic N) is 2. The number of hydrogen-bond donors (Lipinski definition) is 1. The second kappa shape index (κ2) is 13.0. The maximum atomic E-state index is 12.9. The van der Waals surface area contributed by atoms with Crippen LogP contribution in [0.3, 0.4) is 0 Å². The summed E-state index contributed by atoms with van der Waals surface area (Å²) in [5, 5.41) is 3.14. The first kappa shape index (κ1) is 24.8. The molecule has 2 heterocycles. The topological polar surface area (TPSA) is 52.7 Å². The number of rotatable bonds is 10. The summed E-state index contributed by atoms with van der Waals surface area (Å²) in [5.41, 5.74) is 1.27. The van der Waals surface area contributed by atoms with Crippen molar-refractivity contribution in [1.29, 1.82) is 0 Å². The third-order valence-corrected chi connectivity index (χ3v) is 7.50. The molecule has 0 bridgehead atoms. The Labute approximate surface area is 194 Å². The van der Waals surface area contributed by atoms with Crippen molar-refractivity contribution in [2.75, 3.05) is 32.7 Å². The summed E-state index contributed by atoms with van der Waals surface area (Å²) >= 11 is 0. The minimum atomic E-state index is 0.146. The predicted molar refractivity (Wildman–Crippen MR) is 130 cm³/mol. The minimum absolute atomic E-state index is 0.146. The van der Waals surface area contributed by atoms with E-state index in [2.05, 4.69) is 41.1 Å². The summed E-state index contributed by atoms with van der Waals surface area (Å²) in [7, 11) is 0.